The maximum atomic E-state index is 11.7. The van der Waals surface area contributed by atoms with Gasteiger partial charge in [0.1, 0.15) is 6.61 Å². The normalized spacial score (nSPS) is 19.4. The average Bonchev–Trinajstić information content (AvgIpc) is 2.75. The van der Waals surface area contributed by atoms with Gasteiger partial charge in [-0.1, -0.05) is 29.8 Å². The van der Waals surface area contributed by atoms with Crippen LogP contribution in [0.5, 0.6) is 0 Å². The Labute approximate surface area is 101 Å². The predicted molar refractivity (Wildman–Crippen MR) is 65.5 cm³/mol. The third-order valence-electron chi connectivity index (χ3n) is 2.97. The molecule has 0 aliphatic carbocycles. The lowest BCUT2D eigenvalue weighted by atomic mass is 10.2. The molecule has 1 saturated heterocycles. The summed E-state index contributed by atoms with van der Waals surface area (Å²) in [5.74, 6) is 0. The molecule has 4 nitrogen and oxygen atoms in total. The fourth-order valence-corrected chi connectivity index (χ4v) is 1.87. The van der Waals surface area contributed by atoms with E-state index in [4.69, 9.17) is 10.5 Å². The maximum Gasteiger partial charge on any atom is 0.410 e. The van der Waals surface area contributed by atoms with Gasteiger partial charge in [0, 0.05) is 19.1 Å². The van der Waals surface area contributed by atoms with Crippen LogP contribution in [0.25, 0.3) is 0 Å². The lowest BCUT2D eigenvalue weighted by Gasteiger charge is -2.15. The van der Waals surface area contributed by atoms with Gasteiger partial charge in [-0.05, 0) is 18.9 Å². The van der Waals surface area contributed by atoms with Gasteiger partial charge in [0.15, 0.2) is 0 Å². The summed E-state index contributed by atoms with van der Waals surface area (Å²) in [6.07, 6.45) is 0.595. The number of likely N-dealkylation sites (tertiary alicyclic amines) is 1. The molecule has 1 aromatic rings. The summed E-state index contributed by atoms with van der Waals surface area (Å²) in [6, 6.07) is 8.06. The minimum absolute atomic E-state index is 0.0990. The van der Waals surface area contributed by atoms with Crippen LogP contribution < -0.4 is 5.73 Å². The van der Waals surface area contributed by atoms with Crippen LogP contribution in [0.1, 0.15) is 17.5 Å². The fraction of sp³-hybridized carbons (Fsp3) is 0.462. The van der Waals surface area contributed by atoms with Crippen molar-refractivity contribution in [2.75, 3.05) is 13.1 Å². The van der Waals surface area contributed by atoms with E-state index in [0.29, 0.717) is 19.7 Å². The van der Waals surface area contributed by atoms with Crippen LogP contribution in [-0.2, 0) is 11.3 Å². The number of ether oxygens (including phenoxy) is 1. The minimum atomic E-state index is -0.265. The Hall–Kier alpha value is -1.55. The molecular formula is C13H18N2O2. The molecule has 1 aliphatic heterocycles. The largest absolute Gasteiger partial charge is 0.445 e. The van der Waals surface area contributed by atoms with Gasteiger partial charge in [-0.15, -0.1) is 0 Å². The van der Waals surface area contributed by atoms with Crippen molar-refractivity contribution in [2.24, 2.45) is 5.73 Å². The molecule has 0 aromatic heterocycles. The quantitative estimate of drug-likeness (QED) is 0.846. The number of nitrogens with zero attached hydrogens (tertiary/aromatic N) is 1. The van der Waals surface area contributed by atoms with E-state index >= 15 is 0 Å². The number of hydrogen-bond donors (Lipinski definition) is 1. The number of aryl methyl sites for hydroxylation is 1. The Morgan fingerprint density at radius 2 is 2.18 bits per heavy atom. The first kappa shape index (κ1) is 11.9. The molecule has 1 atom stereocenters. The Morgan fingerprint density at radius 3 is 2.76 bits per heavy atom. The highest BCUT2D eigenvalue weighted by Crippen LogP contribution is 2.10. The van der Waals surface area contributed by atoms with Crippen LogP contribution in [0, 0.1) is 6.92 Å². The highest BCUT2D eigenvalue weighted by atomic mass is 16.6. The number of rotatable bonds is 2. The van der Waals surface area contributed by atoms with Gasteiger partial charge in [0.2, 0.25) is 0 Å². The SMILES string of the molecule is Cc1ccc(COC(=O)N2CCC(N)C2)cc1. The van der Waals surface area contributed by atoms with E-state index in [2.05, 4.69) is 0 Å². The van der Waals surface area contributed by atoms with E-state index in [-0.39, 0.29) is 12.1 Å². The summed E-state index contributed by atoms with van der Waals surface area (Å²) in [5.41, 5.74) is 7.94. The number of carbonyl (C=O) groups excluding carboxylic acids is 1. The van der Waals surface area contributed by atoms with Crippen LogP contribution >= 0.6 is 0 Å². The molecule has 0 saturated carbocycles. The third kappa shape index (κ3) is 3.20. The molecule has 4 heteroatoms. The molecule has 1 heterocycles. The number of amides is 1. The standard InChI is InChI=1S/C13H18N2O2/c1-10-2-4-11(5-3-10)9-17-13(16)15-7-6-12(14)8-15/h2-5,12H,6-9,14H2,1H3. The second-order valence-corrected chi connectivity index (χ2v) is 4.53. The molecule has 0 bridgehead atoms. The Kier molecular flexibility index (Phi) is 3.64. The molecule has 2 N–H and O–H groups in total. The van der Waals surface area contributed by atoms with E-state index in [1.807, 2.05) is 31.2 Å². The van der Waals surface area contributed by atoms with Gasteiger partial charge in [0.25, 0.3) is 0 Å². The van der Waals surface area contributed by atoms with E-state index < -0.39 is 0 Å². The molecule has 1 amide bonds. The molecule has 1 unspecified atom stereocenters. The summed E-state index contributed by atoms with van der Waals surface area (Å²) in [7, 11) is 0. The van der Waals surface area contributed by atoms with Gasteiger partial charge >= 0.3 is 6.09 Å². The lowest BCUT2D eigenvalue weighted by Crippen LogP contribution is -2.32. The average molecular weight is 234 g/mol. The zero-order valence-corrected chi connectivity index (χ0v) is 10.1. The first-order valence-corrected chi connectivity index (χ1v) is 5.88. The molecule has 1 aromatic carbocycles. The fourth-order valence-electron chi connectivity index (χ4n) is 1.87. The predicted octanol–water partition coefficient (Wildman–Crippen LogP) is 1.66. The summed E-state index contributed by atoms with van der Waals surface area (Å²) in [4.78, 5) is 13.3. The van der Waals surface area contributed by atoms with Crippen LogP contribution in [0.2, 0.25) is 0 Å². The zero-order chi connectivity index (χ0) is 12.3. The van der Waals surface area contributed by atoms with E-state index in [0.717, 1.165) is 12.0 Å². The summed E-state index contributed by atoms with van der Waals surface area (Å²) < 4.78 is 5.23. The van der Waals surface area contributed by atoms with E-state index in [1.54, 1.807) is 4.90 Å². The Bertz CT molecular complexity index is 389. The van der Waals surface area contributed by atoms with Gasteiger partial charge in [-0.2, -0.15) is 0 Å². The first-order chi connectivity index (χ1) is 8.15. The highest BCUT2D eigenvalue weighted by Gasteiger charge is 2.24. The molecule has 1 fully saturated rings. The monoisotopic (exact) mass is 234 g/mol. The second kappa shape index (κ2) is 5.19. The number of hydrogen-bond acceptors (Lipinski definition) is 3. The molecule has 0 spiro atoms. The highest BCUT2D eigenvalue weighted by molar-refractivity contribution is 5.68. The number of nitrogens with two attached hydrogens (primary N) is 1. The van der Waals surface area contributed by atoms with Gasteiger partial charge < -0.3 is 15.4 Å². The van der Waals surface area contributed by atoms with Gasteiger partial charge in [0.05, 0.1) is 0 Å². The Morgan fingerprint density at radius 1 is 1.47 bits per heavy atom. The molecule has 2 rings (SSSR count). The van der Waals surface area contributed by atoms with Crippen LogP contribution in [0.15, 0.2) is 24.3 Å². The van der Waals surface area contributed by atoms with E-state index in [1.165, 1.54) is 5.56 Å². The van der Waals surface area contributed by atoms with Crippen molar-refractivity contribution in [1.82, 2.24) is 4.90 Å². The van der Waals surface area contributed by atoms with Crippen molar-refractivity contribution in [3.8, 4) is 0 Å². The van der Waals surface area contributed by atoms with Crippen molar-refractivity contribution in [3.05, 3.63) is 35.4 Å². The lowest BCUT2D eigenvalue weighted by molar-refractivity contribution is 0.104. The summed E-state index contributed by atoms with van der Waals surface area (Å²) >= 11 is 0. The molecule has 0 radical (unpaired) electrons. The smallest absolute Gasteiger partial charge is 0.410 e. The third-order valence-corrected chi connectivity index (χ3v) is 2.97. The van der Waals surface area contributed by atoms with Crippen molar-refractivity contribution >= 4 is 6.09 Å². The van der Waals surface area contributed by atoms with Crippen LogP contribution in [0.4, 0.5) is 4.79 Å². The number of carbonyl (C=O) groups is 1. The zero-order valence-electron chi connectivity index (χ0n) is 10.1. The van der Waals surface area contributed by atoms with Gasteiger partial charge in [-0.3, -0.25) is 0 Å². The van der Waals surface area contributed by atoms with Crippen molar-refractivity contribution in [1.29, 1.82) is 0 Å². The molecule has 92 valence electrons. The number of benzene rings is 1. The maximum absolute atomic E-state index is 11.7. The Balaban J connectivity index is 1.82. The van der Waals surface area contributed by atoms with Crippen molar-refractivity contribution in [3.63, 3.8) is 0 Å². The molecular weight excluding hydrogens is 216 g/mol. The first-order valence-electron chi connectivity index (χ1n) is 5.88. The van der Waals surface area contributed by atoms with Gasteiger partial charge in [-0.25, -0.2) is 4.79 Å². The molecule has 17 heavy (non-hydrogen) atoms. The summed E-state index contributed by atoms with van der Waals surface area (Å²) in [5, 5.41) is 0. The topological polar surface area (TPSA) is 55.6 Å². The van der Waals surface area contributed by atoms with E-state index in [9.17, 15) is 4.79 Å². The molecule has 1 aliphatic rings. The second-order valence-electron chi connectivity index (χ2n) is 4.53. The summed E-state index contributed by atoms with van der Waals surface area (Å²) in [6.45, 7) is 3.66. The van der Waals surface area contributed by atoms with Crippen LogP contribution in [0.3, 0.4) is 0 Å². The van der Waals surface area contributed by atoms with Crippen molar-refractivity contribution in [2.45, 2.75) is 26.0 Å². The van der Waals surface area contributed by atoms with Crippen molar-refractivity contribution < 1.29 is 9.53 Å². The minimum Gasteiger partial charge on any atom is -0.445 e. The van der Waals surface area contributed by atoms with Crippen LogP contribution in [-0.4, -0.2) is 30.1 Å².